The van der Waals surface area contributed by atoms with Crippen LogP contribution in [0.5, 0.6) is 0 Å². The predicted molar refractivity (Wildman–Crippen MR) is 120 cm³/mol. The molecule has 2 aromatic carbocycles. The minimum absolute atomic E-state index is 0.0294. The van der Waals surface area contributed by atoms with Crippen molar-refractivity contribution in [2.45, 2.75) is 57.2 Å². The van der Waals surface area contributed by atoms with Gasteiger partial charge in [-0.2, -0.15) is 0 Å². The zero-order chi connectivity index (χ0) is 23.2. The minimum atomic E-state index is -1.07. The molecule has 2 fully saturated rings. The number of halogens is 1. The Morgan fingerprint density at radius 3 is 2.61 bits per heavy atom. The molecule has 0 radical (unpaired) electrons. The molecule has 2 aromatic rings. The summed E-state index contributed by atoms with van der Waals surface area (Å²) < 4.78 is 13.4. The fourth-order valence-corrected chi connectivity index (χ4v) is 5.38. The van der Waals surface area contributed by atoms with Crippen LogP contribution in [-0.2, 0) is 28.1 Å². The zero-order valence-electron chi connectivity index (χ0n) is 18.7. The lowest BCUT2D eigenvalue weighted by Crippen LogP contribution is -2.49. The number of carbonyl (C=O) groups is 3. The number of hydrogen-bond donors (Lipinski definition) is 1. The number of benzene rings is 2. The highest BCUT2D eigenvalue weighted by molar-refractivity contribution is 6.09. The first-order chi connectivity index (χ1) is 15.9. The second-order valence-electron chi connectivity index (χ2n) is 9.46. The van der Waals surface area contributed by atoms with Crippen LogP contribution in [-0.4, -0.2) is 40.2 Å². The summed E-state index contributed by atoms with van der Waals surface area (Å²) in [7, 11) is 0. The summed E-state index contributed by atoms with van der Waals surface area (Å²) in [6, 6.07) is 13.2. The van der Waals surface area contributed by atoms with Crippen molar-refractivity contribution in [3.63, 3.8) is 0 Å². The van der Waals surface area contributed by atoms with Crippen molar-refractivity contribution in [1.29, 1.82) is 0 Å². The lowest BCUT2D eigenvalue weighted by molar-refractivity contribution is -0.142. The highest BCUT2D eigenvalue weighted by Gasteiger charge is 2.55. The summed E-state index contributed by atoms with van der Waals surface area (Å²) in [5.74, 6) is -0.565. The van der Waals surface area contributed by atoms with Crippen LogP contribution in [0.1, 0.15) is 49.3 Å². The molecule has 172 valence electrons. The summed E-state index contributed by atoms with van der Waals surface area (Å²) in [5.41, 5.74) is 1.62. The number of aryl methyl sites for hydroxylation is 1. The Kier molecular flexibility index (Phi) is 5.43. The van der Waals surface area contributed by atoms with E-state index in [0.29, 0.717) is 25.3 Å². The predicted octanol–water partition coefficient (Wildman–Crippen LogP) is 3.74. The van der Waals surface area contributed by atoms with Crippen LogP contribution in [0, 0.1) is 11.7 Å². The van der Waals surface area contributed by atoms with Crippen LogP contribution in [0.15, 0.2) is 48.5 Å². The van der Waals surface area contributed by atoms with Crippen LogP contribution in [0.4, 0.5) is 9.18 Å². The molecule has 0 bridgehead atoms. The SMILES string of the molecule is CC(C1CCC1)N(Cc1ccc(F)cc1)C(=O)CN1C(=O)NC2(CCc3ccccc32)C1=O. The van der Waals surface area contributed by atoms with Crippen molar-refractivity contribution in [3.05, 3.63) is 71.0 Å². The summed E-state index contributed by atoms with van der Waals surface area (Å²) in [6.07, 6.45) is 4.45. The number of urea groups is 1. The molecule has 3 aliphatic rings. The van der Waals surface area contributed by atoms with Crippen molar-refractivity contribution in [1.82, 2.24) is 15.1 Å². The summed E-state index contributed by atoms with van der Waals surface area (Å²) in [4.78, 5) is 42.6. The van der Waals surface area contributed by atoms with Gasteiger partial charge in [0.1, 0.15) is 17.9 Å². The fourth-order valence-electron chi connectivity index (χ4n) is 5.38. The van der Waals surface area contributed by atoms with Gasteiger partial charge in [0.05, 0.1) is 0 Å². The Morgan fingerprint density at radius 1 is 1.18 bits per heavy atom. The molecule has 1 heterocycles. The van der Waals surface area contributed by atoms with Crippen LogP contribution in [0.25, 0.3) is 0 Å². The van der Waals surface area contributed by atoms with Crippen LogP contribution in [0.2, 0.25) is 0 Å². The third kappa shape index (κ3) is 3.69. The smallest absolute Gasteiger partial charge is 0.325 e. The lowest BCUT2D eigenvalue weighted by atomic mass is 9.79. The fraction of sp³-hybridized carbons (Fsp3) is 0.423. The van der Waals surface area contributed by atoms with Gasteiger partial charge >= 0.3 is 6.03 Å². The molecule has 7 heteroatoms. The molecular formula is C26H28FN3O3. The monoisotopic (exact) mass is 449 g/mol. The maximum atomic E-state index is 13.5. The quantitative estimate of drug-likeness (QED) is 0.683. The molecule has 1 aliphatic heterocycles. The number of amides is 4. The largest absolute Gasteiger partial charge is 0.334 e. The van der Waals surface area contributed by atoms with Crippen LogP contribution >= 0.6 is 0 Å². The second kappa shape index (κ2) is 8.28. The van der Waals surface area contributed by atoms with Gasteiger partial charge in [0.15, 0.2) is 0 Å². The highest BCUT2D eigenvalue weighted by atomic mass is 19.1. The number of nitrogens with one attached hydrogen (secondary N) is 1. The van der Waals surface area contributed by atoms with E-state index < -0.39 is 11.6 Å². The van der Waals surface area contributed by atoms with E-state index in [0.717, 1.165) is 40.9 Å². The average Bonchev–Trinajstić information content (AvgIpc) is 3.25. The molecule has 5 rings (SSSR count). The Morgan fingerprint density at radius 2 is 1.91 bits per heavy atom. The molecule has 0 aromatic heterocycles. The zero-order valence-corrected chi connectivity index (χ0v) is 18.7. The van der Waals surface area contributed by atoms with Crippen molar-refractivity contribution in [2.24, 2.45) is 5.92 Å². The van der Waals surface area contributed by atoms with E-state index in [9.17, 15) is 18.8 Å². The van der Waals surface area contributed by atoms with Crippen molar-refractivity contribution in [2.75, 3.05) is 6.54 Å². The first-order valence-corrected chi connectivity index (χ1v) is 11.7. The van der Waals surface area contributed by atoms with Crippen molar-refractivity contribution >= 4 is 17.8 Å². The van der Waals surface area contributed by atoms with E-state index in [1.165, 1.54) is 12.1 Å². The maximum absolute atomic E-state index is 13.5. The van der Waals surface area contributed by atoms with E-state index >= 15 is 0 Å². The van der Waals surface area contributed by atoms with Gasteiger partial charge < -0.3 is 10.2 Å². The highest BCUT2D eigenvalue weighted by Crippen LogP contribution is 2.41. The number of fused-ring (bicyclic) bond motifs is 2. The summed E-state index contributed by atoms with van der Waals surface area (Å²) >= 11 is 0. The van der Waals surface area contributed by atoms with E-state index in [-0.39, 0.29) is 30.2 Å². The van der Waals surface area contributed by atoms with Gasteiger partial charge in [-0.05, 0) is 67.3 Å². The Bertz CT molecular complexity index is 1100. The Labute approximate surface area is 192 Å². The van der Waals surface area contributed by atoms with Crippen LogP contribution in [0.3, 0.4) is 0 Å². The van der Waals surface area contributed by atoms with E-state index in [1.807, 2.05) is 31.2 Å². The number of imide groups is 1. The van der Waals surface area contributed by atoms with Gasteiger partial charge in [-0.1, -0.05) is 42.8 Å². The number of carbonyl (C=O) groups excluding carboxylic acids is 3. The molecule has 2 unspecified atom stereocenters. The Hall–Kier alpha value is -3.22. The first-order valence-electron chi connectivity index (χ1n) is 11.7. The number of nitrogens with zero attached hydrogens (tertiary/aromatic N) is 2. The van der Waals surface area contributed by atoms with Gasteiger partial charge in [0.25, 0.3) is 5.91 Å². The third-order valence-electron chi connectivity index (χ3n) is 7.63. The topological polar surface area (TPSA) is 69.7 Å². The van der Waals surface area contributed by atoms with E-state index in [2.05, 4.69) is 5.32 Å². The number of rotatable bonds is 6. The van der Waals surface area contributed by atoms with Gasteiger partial charge in [-0.3, -0.25) is 14.5 Å². The summed E-state index contributed by atoms with van der Waals surface area (Å²) in [6.45, 7) is 2.03. The van der Waals surface area contributed by atoms with E-state index in [4.69, 9.17) is 0 Å². The third-order valence-corrected chi connectivity index (χ3v) is 7.63. The molecule has 2 aliphatic carbocycles. The molecule has 2 atom stereocenters. The second-order valence-corrected chi connectivity index (χ2v) is 9.46. The first kappa shape index (κ1) is 21.6. The van der Waals surface area contributed by atoms with Gasteiger partial charge in [0.2, 0.25) is 5.91 Å². The molecule has 1 saturated heterocycles. The molecular weight excluding hydrogens is 421 g/mol. The molecule has 6 nitrogen and oxygen atoms in total. The van der Waals surface area contributed by atoms with Gasteiger partial charge in [-0.25, -0.2) is 9.18 Å². The normalized spacial score (nSPS) is 22.8. The average molecular weight is 450 g/mol. The number of hydrogen-bond acceptors (Lipinski definition) is 3. The van der Waals surface area contributed by atoms with Crippen molar-refractivity contribution in [3.8, 4) is 0 Å². The summed E-state index contributed by atoms with van der Waals surface area (Å²) in [5, 5.41) is 2.88. The van der Waals surface area contributed by atoms with Crippen LogP contribution < -0.4 is 5.32 Å². The standard InChI is InChI=1S/C26H28FN3O3/c1-17(19-6-4-7-19)29(15-18-9-11-21(27)12-10-18)23(31)16-30-24(32)26(28-25(30)33)14-13-20-5-2-3-8-22(20)26/h2-3,5,8-12,17,19H,4,6-7,13-16H2,1H3,(H,28,33). The molecule has 1 saturated carbocycles. The molecule has 1 spiro atoms. The molecule has 33 heavy (non-hydrogen) atoms. The van der Waals surface area contributed by atoms with Crippen molar-refractivity contribution < 1.29 is 18.8 Å². The lowest BCUT2D eigenvalue weighted by Gasteiger charge is -2.39. The Balaban J connectivity index is 1.37. The maximum Gasteiger partial charge on any atom is 0.325 e. The molecule has 1 N–H and O–H groups in total. The molecule has 4 amide bonds. The minimum Gasteiger partial charge on any atom is -0.334 e. The van der Waals surface area contributed by atoms with Gasteiger partial charge in [-0.15, -0.1) is 0 Å². The van der Waals surface area contributed by atoms with E-state index in [1.54, 1.807) is 17.0 Å². The van der Waals surface area contributed by atoms with Gasteiger partial charge in [0, 0.05) is 12.6 Å².